The number of nitrogens with zero attached hydrogens (tertiary/aromatic N) is 1. The largest absolute Gasteiger partial charge is 0.256 e. The fraction of sp³-hybridized carbons (Fsp3) is 0.417. The van der Waals surface area contributed by atoms with Crippen molar-refractivity contribution < 1.29 is 0 Å². The lowest BCUT2D eigenvalue weighted by molar-refractivity contribution is 0.578. The number of fused-ring (bicyclic) bond motifs is 1. The zero-order valence-corrected chi connectivity index (χ0v) is 7.71. The lowest BCUT2D eigenvalue weighted by Gasteiger charge is -2.25. The highest BCUT2D eigenvalue weighted by Crippen LogP contribution is 2.60. The Bertz CT molecular complexity index is 374. The van der Waals surface area contributed by atoms with E-state index in [2.05, 4.69) is 17.6 Å². The summed E-state index contributed by atoms with van der Waals surface area (Å²) in [4.78, 5) is 4.44. The molecule has 13 heavy (non-hydrogen) atoms. The monoisotopic (exact) mass is 171 g/mol. The van der Waals surface area contributed by atoms with Crippen LogP contribution >= 0.6 is 0 Å². The summed E-state index contributed by atoms with van der Waals surface area (Å²) in [5, 5.41) is 0. The Balaban J connectivity index is 2.13. The third-order valence-corrected chi connectivity index (χ3v) is 3.54. The highest BCUT2D eigenvalue weighted by atomic mass is 14.7. The van der Waals surface area contributed by atoms with Crippen LogP contribution in [-0.4, -0.2) is 4.98 Å². The molecule has 0 radical (unpaired) electrons. The number of hydrogen-bond acceptors (Lipinski definition) is 1. The predicted molar refractivity (Wildman–Crippen MR) is 53.3 cm³/mol. The van der Waals surface area contributed by atoms with Crippen LogP contribution in [-0.2, 0) is 6.42 Å². The van der Waals surface area contributed by atoms with Gasteiger partial charge in [-0.05, 0) is 48.3 Å². The molecule has 0 saturated heterocycles. The minimum absolute atomic E-state index is 0.474. The molecule has 1 fully saturated rings. The molecule has 1 nitrogen and oxygen atoms in total. The highest BCUT2D eigenvalue weighted by molar-refractivity contribution is 5.72. The van der Waals surface area contributed by atoms with E-state index in [9.17, 15) is 0 Å². The van der Waals surface area contributed by atoms with E-state index in [1.165, 1.54) is 42.5 Å². The zero-order chi connectivity index (χ0) is 8.89. The Labute approximate surface area is 78.5 Å². The summed E-state index contributed by atoms with van der Waals surface area (Å²) in [5.74, 6) is 0. The summed E-state index contributed by atoms with van der Waals surface area (Å²) in [6.45, 7) is 4.21. The van der Waals surface area contributed by atoms with Crippen molar-refractivity contribution in [2.24, 2.45) is 5.41 Å². The summed E-state index contributed by atoms with van der Waals surface area (Å²) < 4.78 is 0. The zero-order valence-electron chi connectivity index (χ0n) is 7.71. The van der Waals surface area contributed by atoms with Gasteiger partial charge in [-0.25, -0.2) is 0 Å². The van der Waals surface area contributed by atoms with Crippen molar-refractivity contribution in [1.82, 2.24) is 4.98 Å². The number of rotatable bonds is 0. The summed E-state index contributed by atoms with van der Waals surface area (Å²) in [5.41, 5.74) is 4.35. The fourth-order valence-corrected chi connectivity index (χ4v) is 2.39. The highest BCUT2D eigenvalue weighted by Gasteiger charge is 2.47. The van der Waals surface area contributed by atoms with Gasteiger partial charge in [-0.15, -0.1) is 0 Å². The molecule has 0 unspecified atom stereocenters. The normalized spacial score (nSPS) is 22.9. The van der Waals surface area contributed by atoms with Gasteiger partial charge >= 0.3 is 0 Å². The van der Waals surface area contributed by atoms with Crippen LogP contribution < -0.4 is 0 Å². The standard InChI is InChI=1S/C12H13N/c1-9-11-10(3-2-8-13-11)4-5-12(9)6-7-12/h2-3,8H,1,4-7H2. The Morgan fingerprint density at radius 3 is 2.92 bits per heavy atom. The predicted octanol–water partition coefficient (Wildman–Crippen LogP) is 2.82. The molecule has 2 aliphatic rings. The second-order valence-corrected chi connectivity index (χ2v) is 4.27. The van der Waals surface area contributed by atoms with E-state index in [1.54, 1.807) is 0 Å². The Kier molecular flexibility index (Phi) is 1.25. The van der Waals surface area contributed by atoms with Crippen LogP contribution in [0, 0.1) is 5.41 Å². The minimum Gasteiger partial charge on any atom is -0.256 e. The third-order valence-electron chi connectivity index (χ3n) is 3.54. The van der Waals surface area contributed by atoms with Crippen molar-refractivity contribution in [2.45, 2.75) is 25.7 Å². The third kappa shape index (κ3) is 0.902. The Hall–Kier alpha value is -1.11. The van der Waals surface area contributed by atoms with E-state index < -0.39 is 0 Å². The molecule has 0 aliphatic heterocycles. The van der Waals surface area contributed by atoms with Gasteiger partial charge in [0.1, 0.15) is 0 Å². The van der Waals surface area contributed by atoms with Crippen molar-refractivity contribution in [3.05, 3.63) is 36.2 Å². The van der Waals surface area contributed by atoms with Crippen LogP contribution in [0.2, 0.25) is 0 Å². The second kappa shape index (κ2) is 2.22. The van der Waals surface area contributed by atoms with E-state index in [4.69, 9.17) is 0 Å². The minimum atomic E-state index is 0.474. The van der Waals surface area contributed by atoms with Crippen molar-refractivity contribution >= 4 is 5.57 Å². The van der Waals surface area contributed by atoms with Gasteiger partial charge in [-0.2, -0.15) is 0 Å². The number of allylic oxidation sites excluding steroid dienone is 1. The first kappa shape index (κ1) is 7.31. The molecular formula is C12H13N. The average molecular weight is 171 g/mol. The van der Waals surface area contributed by atoms with Crippen molar-refractivity contribution in [1.29, 1.82) is 0 Å². The van der Waals surface area contributed by atoms with Crippen molar-refractivity contribution in [3.63, 3.8) is 0 Å². The van der Waals surface area contributed by atoms with Crippen LogP contribution in [0.25, 0.3) is 5.57 Å². The molecule has 2 aliphatic carbocycles. The molecule has 3 rings (SSSR count). The summed E-state index contributed by atoms with van der Waals surface area (Å²) >= 11 is 0. The average Bonchev–Trinajstić information content (AvgIpc) is 2.94. The van der Waals surface area contributed by atoms with Crippen LogP contribution in [0.5, 0.6) is 0 Å². The fourth-order valence-electron chi connectivity index (χ4n) is 2.39. The van der Waals surface area contributed by atoms with Gasteiger partial charge in [0, 0.05) is 6.20 Å². The van der Waals surface area contributed by atoms with Crippen LogP contribution in [0.4, 0.5) is 0 Å². The van der Waals surface area contributed by atoms with Gasteiger partial charge in [0.25, 0.3) is 0 Å². The summed E-state index contributed by atoms with van der Waals surface area (Å²) in [7, 11) is 0. The number of aromatic nitrogens is 1. The van der Waals surface area contributed by atoms with E-state index >= 15 is 0 Å². The molecule has 66 valence electrons. The van der Waals surface area contributed by atoms with Gasteiger partial charge in [0.15, 0.2) is 0 Å². The van der Waals surface area contributed by atoms with Crippen LogP contribution in [0.3, 0.4) is 0 Å². The van der Waals surface area contributed by atoms with Crippen LogP contribution in [0.1, 0.15) is 30.5 Å². The van der Waals surface area contributed by atoms with E-state index in [1.807, 2.05) is 12.3 Å². The van der Waals surface area contributed by atoms with Crippen molar-refractivity contribution in [2.75, 3.05) is 0 Å². The molecule has 0 bridgehead atoms. The van der Waals surface area contributed by atoms with E-state index in [0.29, 0.717) is 5.41 Å². The SMILES string of the molecule is C=C1c2ncccc2CCC12CC2. The molecule has 1 heterocycles. The molecule has 0 amide bonds. The summed E-state index contributed by atoms with van der Waals surface area (Å²) in [6.07, 6.45) is 7.04. The molecule has 1 saturated carbocycles. The van der Waals surface area contributed by atoms with Crippen LogP contribution in [0.15, 0.2) is 24.9 Å². The van der Waals surface area contributed by atoms with Gasteiger partial charge in [-0.3, -0.25) is 4.98 Å². The quantitative estimate of drug-likeness (QED) is 0.585. The maximum absolute atomic E-state index is 4.44. The topological polar surface area (TPSA) is 12.9 Å². The smallest absolute Gasteiger partial charge is 0.0693 e. The number of pyridine rings is 1. The molecule has 0 N–H and O–H groups in total. The number of aryl methyl sites for hydroxylation is 1. The van der Waals surface area contributed by atoms with Gasteiger partial charge in [-0.1, -0.05) is 12.6 Å². The van der Waals surface area contributed by atoms with Gasteiger partial charge in [0.05, 0.1) is 5.69 Å². The maximum atomic E-state index is 4.44. The molecule has 1 heteroatoms. The lowest BCUT2D eigenvalue weighted by Crippen LogP contribution is -2.14. The number of hydrogen-bond donors (Lipinski definition) is 0. The van der Waals surface area contributed by atoms with Gasteiger partial charge in [0.2, 0.25) is 0 Å². The first-order valence-electron chi connectivity index (χ1n) is 4.95. The molecule has 0 atom stereocenters. The Morgan fingerprint density at radius 1 is 1.31 bits per heavy atom. The van der Waals surface area contributed by atoms with Gasteiger partial charge < -0.3 is 0 Å². The first-order chi connectivity index (χ1) is 6.32. The molecule has 1 aromatic rings. The second-order valence-electron chi connectivity index (χ2n) is 4.27. The van der Waals surface area contributed by atoms with Crippen molar-refractivity contribution in [3.8, 4) is 0 Å². The molecule has 1 spiro atoms. The molecular weight excluding hydrogens is 158 g/mol. The lowest BCUT2D eigenvalue weighted by atomic mass is 9.81. The van der Waals surface area contributed by atoms with E-state index in [-0.39, 0.29) is 0 Å². The maximum Gasteiger partial charge on any atom is 0.0693 e. The Morgan fingerprint density at radius 2 is 2.15 bits per heavy atom. The molecule has 1 aromatic heterocycles. The summed E-state index contributed by atoms with van der Waals surface area (Å²) in [6, 6.07) is 4.21. The molecule has 0 aromatic carbocycles. The van der Waals surface area contributed by atoms with E-state index in [0.717, 1.165) is 0 Å². The first-order valence-corrected chi connectivity index (χ1v) is 4.95.